The summed E-state index contributed by atoms with van der Waals surface area (Å²) in [6.45, 7) is 2.14. The third-order valence-electron chi connectivity index (χ3n) is 3.59. The van der Waals surface area contributed by atoms with Crippen molar-refractivity contribution in [2.24, 2.45) is 0 Å². The van der Waals surface area contributed by atoms with Gasteiger partial charge in [-0.05, 0) is 51.2 Å². The lowest BCUT2D eigenvalue weighted by molar-refractivity contribution is 0.261. The van der Waals surface area contributed by atoms with E-state index in [0.717, 1.165) is 31.5 Å². The topological polar surface area (TPSA) is 54.2 Å². The average molecular weight is 327 g/mol. The van der Waals surface area contributed by atoms with E-state index in [1.165, 1.54) is 0 Å². The second kappa shape index (κ2) is 6.22. The third kappa shape index (κ3) is 3.67. The zero-order valence-electron chi connectivity index (χ0n) is 11.6. The van der Waals surface area contributed by atoms with Crippen molar-refractivity contribution in [3.63, 3.8) is 0 Å². The van der Waals surface area contributed by atoms with Gasteiger partial charge in [0.2, 0.25) is 5.82 Å². The maximum Gasteiger partial charge on any atom is 0.322 e. The lowest BCUT2D eigenvalue weighted by Crippen LogP contribution is -2.36. The molecule has 0 unspecified atom stereocenters. The molecule has 2 aromatic rings. The molecule has 0 atom stereocenters. The highest BCUT2D eigenvalue weighted by Crippen LogP contribution is 2.26. The van der Waals surface area contributed by atoms with Crippen molar-refractivity contribution in [3.05, 3.63) is 28.2 Å². The molecule has 1 saturated heterocycles. The van der Waals surface area contributed by atoms with Crippen LogP contribution < -0.4 is 5.32 Å². The third-order valence-corrected chi connectivity index (χ3v) is 4.03. The van der Waals surface area contributed by atoms with Crippen molar-refractivity contribution >= 4 is 29.2 Å². The SMILES string of the molecule is CN1CCC(Nc2nc(-c3cc(Cl)cc(Cl)c3)no2)CC1. The minimum Gasteiger partial charge on any atom is -0.335 e. The zero-order valence-corrected chi connectivity index (χ0v) is 13.2. The van der Waals surface area contributed by atoms with Crippen LogP contribution in [0.5, 0.6) is 0 Å². The Morgan fingerprint density at radius 1 is 1.19 bits per heavy atom. The van der Waals surface area contributed by atoms with E-state index in [1.54, 1.807) is 18.2 Å². The molecule has 112 valence electrons. The minimum absolute atomic E-state index is 0.373. The van der Waals surface area contributed by atoms with Crippen LogP contribution >= 0.6 is 23.2 Å². The monoisotopic (exact) mass is 326 g/mol. The van der Waals surface area contributed by atoms with Crippen molar-refractivity contribution in [3.8, 4) is 11.4 Å². The lowest BCUT2D eigenvalue weighted by atomic mass is 10.1. The van der Waals surface area contributed by atoms with Crippen LogP contribution in [0.15, 0.2) is 22.7 Å². The molecule has 0 amide bonds. The molecule has 7 heteroatoms. The normalized spacial score (nSPS) is 17.1. The van der Waals surface area contributed by atoms with Crippen molar-refractivity contribution in [1.82, 2.24) is 15.0 Å². The molecule has 0 saturated carbocycles. The summed E-state index contributed by atoms with van der Waals surface area (Å²) < 4.78 is 5.26. The molecule has 0 spiro atoms. The number of hydrogen-bond donors (Lipinski definition) is 1. The number of hydrogen-bond acceptors (Lipinski definition) is 5. The van der Waals surface area contributed by atoms with Crippen LogP contribution in [-0.4, -0.2) is 41.2 Å². The lowest BCUT2D eigenvalue weighted by Gasteiger charge is -2.28. The van der Waals surface area contributed by atoms with E-state index in [4.69, 9.17) is 27.7 Å². The van der Waals surface area contributed by atoms with Crippen LogP contribution in [0.1, 0.15) is 12.8 Å². The summed E-state index contributed by atoms with van der Waals surface area (Å²) in [5.74, 6) is 0.481. The molecule has 3 rings (SSSR count). The summed E-state index contributed by atoms with van der Waals surface area (Å²) >= 11 is 12.0. The average Bonchev–Trinajstić information content (AvgIpc) is 2.89. The fourth-order valence-corrected chi connectivity index (χ4v) is 2.94. The molecule has 1 aliphatic heterocycles. The molecule has 2 heterocycles. The van der Waals surface area contributed by atoms with Gasteiger partial charge in [0.1, 0.15) is 0 Å². The van der Waals surface area contributed by atoms with Gasteiger partial charge >= 0.3 is 6.01 Å². The Morgan fingerprint density at radius 2 is 1.86 bits per heavy atom. The quantitative estimate of drug-likeness (QED) is 0.934. The van der Waals surface area contributed by atoms with E-state index in [1.807, 2.05) is 0 Å². The van der Waals surface area contributed by atoms with E-state index in [9.17, 15) is 0 Å². The Labute approximate surface area is 133 Å². The number of nitrogens with zero attached hydrogens (tertiary/aromatic N) is 3. The molecule has 0 aliphatic carbocycles. The van der Waals surface area contributed by atoms with Gasteiger partial charge in [-0.3, -0.25) is 0 Å². The fourth-order valence-electron chi connectivity index (χ4n) is 2.41. The number of rotatable bonds is 3. The molecular formula is C14H16Cl2N4O. The van der Waals surface area contributed by atoms with E-state index < -0.39 is 0 Å². The maximum absolute atomic E-state index is 5.99. The van der Waals surface area contributed by atoms with Gasteiger partial charge in [-0.25, -0.2) is 0 Å². The van der Waals surface area contributed by atoms with Crippen molar-refractivity contribution in [2.45, 2.75) is 18.9 Å². The Bertz CT molecular complexity index is 603. The first-order valence-electron chi connectivity index (χ1n) is 6.85. The van der Waals surface area contributed by atoms with Gasteiger partial charge in [-0.15, -0.1) is 0 Å². The van der Waals surface area contributed by atoms with Gasteiger partial charge in [-0.2, -0.15) is 4.98 Å². The van der Waals surface area contributed by atoms with Crippen molar-refractivity contribution in [1.29, 1.82) is 0 Å². The molecule has 21 heavy (non-hydrogen) atoms. The summed E-state index contributed by atoms with van der Waals surface area (Å²) in [7, 11) is 2.13. The van der Waals surface area contributed by atoms with Gasteiger partial charge in [0.25, 0.3) is 0 Å². The first-order valence-corrected chi connectivity index (χ1v) is 7.61. The summed E-state index contributed by atoms with van der Waals surface area (Å²) in [5.41, 5.74) is 0.743. The molecule has 0 bridgehead atoms. The minimum atomic E-state index is 0.373. The van der Waals surface area contributed by atoms with Crippen LogP contribution in [0.3, 0.4) is 0 Å². The van der Waals surface area contributed by atoms with E-state index >= 15 is 0 Å². The van der Waals surface area contributed by atoms with E-state index in [-0.39, 0.29) is 0 Å². The van der Waals surface area contributed by atoms with Crippen molar-refractivity contribution in [2.75, 3.05) is 25.5 Å². The highest BCUT2D eigenvalue weighted by atomic mass is 35.5. The predicted molar refractivity (Wildman–Crippen MR) is 83.9 cm³/mol. The summed E-state index contributed by atoms with van der Waals surface area (Å²) in [4.78, 5) is 6.67. The second-order valence-corrected chi connectivity index (χ2v) is 6.18. The zero-order chi connectivity index (χ0) is 14.8. The highest BCUT2D eigenvalue weighted by molar-refractivity contribution is 6.35. The van der Waals surface area contributed by atoms with Crippen LogP contribution in [0, 0.1) is 0 Å². The first-order chi connectivity index (χ1) is 10.1. The number of aromatic nitrogens is 2. The maximum atomic E-state index is 5.99. The van der Waals surface area contributed by atoms with Crippen molar-refractivity contribution < 1.29 is 4.52 Å². The van der Waals surface area contributed by atoms with E-state index in [0.29, 0.717) is 27.9 Å². The molecule has 5 nitrogen and oxygen atoms in total. The van der Waals surface area contributed by atoms with Gasteiger partial charge in [0.05, 0.1) is 0 Å². The van der Waals surface area contributed by atoms with Crippen LogP contribution in [0.25, 0.3) is 11.4 Å². The molecular weight excluding hydrogens is 311 g/mol. The number of halogens is 2. The standard InChI is InChI=1S/C14H16Cl2N4O/c1-20-4-2-12(3-5-20)17-14-18-13(19-21-14)9-6-10(15)8-11(16)7-9/h6-8,12H,2-5H2,1H3,(H,17,18,19). The Morgan fingerprint density at radius 3 is 2.52 bits per heavy atom. The molecule has 1 fully saturated rings. The van der Waals surface area contributed by atoms with Crippen LogP contribution in [-0.2, 0) is 0 Å². The fraction of sp³-hybridized carbons (Fsp3) is 0.429. The highest BCUT2D eigenvalue weighted by Gasteiger charge is 2.19. The summed E-state index contributed by atoms with van der Waals surface area (Å²) in [5, 5.41) is 8.36. The second-order valence-electron chi connectivity index (χ2n) is 5.30. The predicted octanol–water partition coefficient (Wildman–Crippen LogP) is 3.55. The Kier molecular flexibility index (Phi) is 4.33. The number of benzene rings is 1. The number of piperidine rings is 1. The molecule has 1 aliphatic rings. The molecule has 0 radical (unpaired) electrons. The number of nitrogens with one attached hydrogen (secondary N) is 1. The molecule has 1 aromatic carbocycles. The van der Waals surface area contributed by atoms with Gasteiger partial charge in [0.15, 0.2) is 0 Å². The Balaban J connectivity index is 1.71. The van der Waals surface area contributed by atoms with Gasteiger partial charge in [-0.1, -0.05) is 28.4 Å². The smallest absolute Gasteiger partial charge is 0.322 e. The number of anilines is 1. The number of likely N-dealkylation sites (tertiary alicyclic amines) is 1. The van der Waals surface area contributed by atoms with E-state index in [2.05, 4.69) is 27.4 Å². The Hall–Kier alpha value is -1.30. The molecule has 1 N–H and O–H groups in total. The molecule has 1 aromatic heterocycles. The summed E-state index contributed by atoms with van der Waals surface area (Å²) in [6, 6.07) is 6.01. The van der Waals surface area contributed by atoms with Crippen LogP contribution in [0.4, 0.5) is 6.01 Å². The largest absolute Gasteiger partial charge is 0.335 e. The van der Waals surface area contributed by atoms with Gasteiger partial charge < -0.3 is 14.7 Å². The van der Waals surface area contributed by atoms with Crippen LogP contribution in [0.2, 0.25) is 10.0 Å². The first kappa shape index (κ1) is 14.6. The summed E-state index contributed by atoms with van der Waals surface area (Å²) in [6.07, 6.45) is 2.13. The van der Waals surface area contributed by atoms with Gasteiger partial charge in [0, 0.05) is 21.7 Å².